The number of halogens is 3. The third-order valence-corrected chi connectivity index (χ3v) is 2.94. The Balaban J connectivity index is 3.73. The standard InChI is InChI=1S/C13H12F3N3O5/c1-5-8(14)7(11(19(22)23)10(16)9(5)15)12(20)6(4-18-17-2)13(21)24-3/h4,17-18H,1-3H3. The molecule has 0 saturated heterocycles. The number of ketones is 1. The molecule has 0 amide bonds. The molecule has 130 valence electrons. The van der Waals surface area contributed by atoms with Crippen molar-refractivity contribution >= 4 is 17.4 Å². The molecule has 0 aliphatic heterocycles. The number of Topliss-reactive ketones (excluding diaryl/α,β-unsaturated/α-hetero) is 1. The van der Waals surface area contributed by atoms with Crippen LogP contribution >= 0.6 is 0 Å². The van der Waals surface area contributed by atoms with Crippen molar-refractivity contribution in [2.75, 3.05) is 14.2 Å². The van der Waals surface area contributed by atoms with E-state index >= 15 is 0 Å². The maximum absolute atomic E-state index is 14.2. The molecular weight excluding hydrogens is 335 g/mol. The molecule has 1 rings (SSSR count). The van der Waals surface area contributed by atoms with Crippen molar-refractivity contribution in [2.45, 2.75) is 6.92 Å². The summed E-state index contributed by atoms with van der Waals surface area (Å²) in [6.07, 6.45) is 0.744. The summed E-state index contributed by atoms with van der Waals surface area (Å²) in [5, 5.41) is 11.0. The Morgan fingerprint density at radius 3 is 2.25 bits per heavy atom. The monoisotopic (exact) mass is 347 g/mol. The van der Waals surface area contributed by atoms with Gasteiger partial charge >= 0.3 is 11.7 Å². The van der Waals surface area contributed by atoms with Gasteiger partial charge in [-0.05, 0) is 6.92 Å². The summed E-state index contributed by atoms with van der Waals surface area (Å²) in [7, 11) is 2.27. The minimum atomic E-state index is -2.01. The molecule has 0 aliphatic carbocycles. The highest BCUT2D eigenvalue weighted by atomic mass is 19.2. The molecule has 8 nitrogen and oxygen atoms in total. The van der Waals surface area contributed by atoms with E-state index in [-0.39, 0.29) is 0 Å². The Bertz CT molecular complexity index is 749. The van der Waals surface area contributed by atoms with E-state index in [1.807, 2.05) is 0 Å². The van der Waals surface area contributed by atoms with Crippen LogP contribution < -0.4 is 10.9 Å². The molecule has 0 aromatic heterocycles. The molecule has 0 radical (unpaired) electrons. The maximum atomic E-state index is 14.2. The van der Waals surface area contributed by atoms with Crippen LogP contribution in [0.4, 0.5) is 18.9 Å². The van der Waals surface area contributed by atoms with Crippen molar-refractivity contribution in [3.05, 3.63) is 50.5 Å². The number of nitro groups is 1. The van der Waals surface area contributed by atoms with Crippen LogP contribution in [0.3, 0.4) is 0 Å². The number of carbonyl (C=O) groups is 2. The first-order valence-electron chi connectivity index (χ1n) is 6.25. The summed E-state index contributed by atoms with van der Waals surface area (Å²) in [6.45, 7) is 0.793. The highest BCUT2D eigenvalue weighted by Gasteiger charge is 2.37. The number of carbonyl (C=O) groups excluding carboxylic acids is 2. The lowest BCUT2D eigenvalue weighted by Gasteiger charge is -2.10. The molecule has 0 saturated carbocycles. The second-order valence-corrected chi connectivity index (χ2v) is 4.32. The predicted molar refractivity (Wildman–Crippen MR) is 74.3 cm³/mol. The Kier molecular flexibility index (Phi) is 6.01. The van der Waals surface area contributed by atoms with Crippen LogP contribution in [0.1, 0.15) is 15.9 Å². The van der Waals surface area contributed by atoms with Crippen LogP contribution in [0.5, 0.6) is 0 Å². The molecule has 0 heterocycles. The Labute approximate surface area is 133 Å². The van der Waals surface area contributed by atoms with Gasteiger partial charge in [0.05, 0.1) is 12.0 Å². The van der Waals surface area contributed by atoms with Gasteiger partial charge in [-0.1, -0.05) is 0 Å². The van der Waals surface area contributed by atoms with Crippen molar-refractivity contribution in [3.63, 3.8) is 0 Å². The zero-order valence-corrected chi connectivity index (χ0v) is 12.7. The highest BCUT2D eigenvalue weighted by Crippen LogP contribution is 2.32. The molecule has 0 atom stereocenters. The normalized spacial score (nSPS) is 11.2. The first-order chi connectivity index (χ1) is 11.2. The third kappa shape index (κ3) is 3.35. The number of hydrogen-bond acceptors (Lipinski definition) is 7. The molecule has 1 aromatic rings. The fourth-order valence-electron chi connectivity index (χ4n) is 1.75. The summed E-state index contributed by atoms with van der Waals surface area (Å²) >= 11 is 0. The minimum Gasteiger partial charge on any atom is -0.465 e. The number of hydrazine groups is 1. The van der Waals surface area contributed by atoms with Crippen LogP contribution in [0.25, 0.3) is 0 Å². The summed E-state index contributed by atoms with van der Waals surface area (Å²) < 4.78 is 45.9. The van der Waals surface area contributed by atoms with Gasteiger partial charge in [-0.25, -0.2) is 19.0 Å². The van der Waals surface area contributed by atoms with Gasteiger partial charge in [-0.15, -0.1) is 0 Å². The summed E-state index contributed by atoms with van der Waals surface area (Å²) in [5.74, 6) is -8.26. The minimum absolute atomic E-state index is 0.744. The average Bonchev–Trinajstić information content (AvgIpc) is 2.55. The van der Waals surface area contributed by atoms with Crippen LogP contribution in [-0.4, -0.2) is 30.8 Å². The lowest BCUT2D eigenvalue weighted by molar-refractivity contribution is -0.388. The molecule has 24 heavy (non-hydrogen) atoms. The van der Waals surface area contributed by atoms with Crippen molar-refractivity contribution in [1.29, 1.82) is 0 Å². The van der Waals surface area contributed by atoms with E-state index < -0.39 is 56.5 Å². The Hall–Kier alpha value is -2.95. The van der Waals surface area contributed by atoms with Gasteiger partial charge in [-0.2, -0.15) is 4.39 Å². The molecule has 0 unspecified atom stereocenters. The highest BCUT2D eigenvalue weighted by molar-refractivity contribution is 6.25. The number of nitrogens with one attached hydrogen (secondary N) is 2. The number of benzene rings is 1. The van der Waals surface area contributed by atoms with Gasteiger partial charge in [0, 0.05) is 18.8 Å². The second-order valence-electron chi connectivity index (χ2n) is 4.32. The smallest absolute Gasteiger partial charge is 0.343 e. The summed E-state index contributed by atoms with van der Waals surface area (Å²) in [5.41, 5.74) is -0.343. The topological polar surface area (TPSA) is 111 Å². The molecule has 11 heteroatoms. The predicted octanol–water partition coefficient (Wildman–Crippen LogP) is 1.28. The number of ether oxygens (including phenoxy) is 1. The van der Waals surface area contributed by atoms with Crippen molar-refractivity contribution in [2.24, 2.45) is 0 Å². The van der Waals surface area contributed by atoms with Crippen LogP contribution in [0.2, 0.25) is 0 Å². The second kappa shape index (κ2) is 7.55. The van der Waals surface area contributed by atoms with Gasteiger partial charge < -0.3 is 10.2 Å². The van der Waals surface area contributed by atoms with E-state index in [1.165, 1.54) is 7.05 Å². The molecule has 0 fully saturated rings. The van der Waals surface area contributed by atoms with Crippen LogP contribution in [-0.2, 0) is 9.53 Å². The Morgan fingerprint density at radius 1 is 1.21 bits per heavy atom. The number of methoxy groups -OCH3 is 1. The summed E-state index contributed by atoms with van der Waals surface area (Å²) in [4.78, 5) is 33.5. The van der Waals surface area contributed by atoms with Crippen molar-refractivity contribution in [1.82, 2.24) is 10.9 Å². The van der Waals surface area contributed by atoms with E-state index in [0.717, 1.165) is 20.2 Å². The Morgan fingerprint density at radius 2 is 1.79 bits per heavy atom. The fraction of sp³-hybridized carbons (Fsp3) is 0.231. The molecular formula is C13H12F3N3O5. The zero-order chi connectivity index (χ0) is 18.6. The molecule has 0 bridgehead atoms. The molecule has 0 spiro atoms. The first-order valence-corrected chi connectivity index (χ1v) is 6.25. The van der Waals surface area contributed by atoms with Gasteiger partial charge in [0.1, 0.15) is 17.0 Å². The zero-order valence-electron chi connectivity index (χ0n) is 12.7. The van der Waals surface area contributed by atoms with Crippen molar-refractivity contribution in [3.8, 4) is 0 Å². The maximum Gasteiger partial charge on any atom is 0.343 e. The van der Waals surface area contributed by atoms with Gasteiger partial charge in [0.15, 0.2) is 5.82 Å². The lowest BCUT2D eigenvalue weighted by atomic mass is 9.98. The molecule has 0 aliphatic rings. The van der Waals surface area contributed by atoms with Crippen LogP contribution in [0, 0.1) is 34.5 Å². The van der Waals surface area contributed by atoms with E-state index in [1.54, 1.807) is 0 Å². The van der Waals surface area contributed by atoms with Crippen molar-refractivity contribution < 1.29 is 32.4 Å². The van der Waals surface area contributed by atoms with Crippen LogP contribution in [0.15, 0.2) is 11.8 Å². The first kappa shape index (κ1) is 19.1. The van der Waals surface area contributed by atoms with Gasteiger partial charge in [0.2, 0.25) is 11.6 Å². The quantitative estimate of drug-likeness (QED) is 0.117. The molecule has 2 N–H and O–H groups in total. The van der Waals surface area contributed by atoms with E-state index in [4.69, 9.17) is 0 Å². The third-order valence-electron chi connectivity index (χ3n) is 2.94. The lowest BCUT2D eigenvalue weighted by Crippen LogP contribution is -2.26. The van der Waals surface area contributed by atoms with E-state index in [2.05, 4.69) is 15.6 Å². The summed E-state index contributed by atoms with van der Waals surface area (Å²) in [6, 6.07) is 0. The van der Waals surface area contributed by atoms with Gasteiger partial charge in [-0.3, -0.25) is 14.9 Å². The SMILES string of the molecule is CNNC=C(C(=O)OC)C(=O)c1c(F)c(C)c(F)c(F)c1[N+](=O)[O-]. The number of rotatable bonds is 6. The fourth-order valence-corrected chi connectivity index (χ4v) is 1.75. The number of nitro benzene ring substituents is 1. The van der Waals surface area contributed by atoms with E-state index in [9.17, 15) is 32.9 Å². The number of hydrogen-bond donors (Lipinski definition) is 2. The number of nitrogens with zero attached hydrogens (tertiary/aromatic N) is 1. The molecule has 1 aromatic carbocycles. The number of esters is 1. The van der Waals surface area contributed by atoms with Gasteiger partial charge in [0.25, 0.3) is 0 Å². The average molecular weight is 347 g/mol. The van der Waals surface area contributed by atoms with E-state index in [0.29, 0.717) is 0 Å². The largest absolute Gasteiger partial charge is 0.465 e.